The van der Waals surface area contributed by atoms with Crippen molar-refractivity contribution in [1.82, 2.24) is 20.0 Å². The van der Waals surface area contributed by atoms with Gasteiger partial charge in [0.15, 0.2) is 0 Å². The molecule has 2 amide bonds. The maximum Gasteiger partial charge on any atom is 0.253 e. The molecule has 4 rings (SSSR count). The van der Waals surface area contributed by atoms with Crippen LogP contribution in [0.4, 0.5) is 0 Å². The van der Waals surface area contributed by atoms with E-state index in [2.05, 4.69) is 15.1 Å². The van der Waals surface area contributed by atoms with Gasteiger partial charge in [0.05, 0.1) is 5.92 Å². The van der Waals surface area contributed by atoms with Crippen LogP contribution in [-0.2, 0) is 4.79 Å². The van der Waals surface area contributed by atoms with E-state index in [-0.39, 0.29) is 30.1 Å². The lowest BCUT2D eigenvalue weighted by Gasteiger charge is -2.35. The standard InChI is InChI=1S/C22H32N4O2.ClH/c1-17-4-6-18(7-5-17)21(27)25-11-2-3-19(15-25)22(28)26-12-8-20(16-26)24-13-9-23-10-14-24;/h4-7,19-20,23H,2-3,8-16H2,1H3;1H. The third-order valence-corrected chi connectivity index (χ3v) is 6.50. The Hall–Kier alpha value is -1.63. The fourth-order valence-corrected chi connectivity index (χ4v) is 4.79. The fourth-order valence-electron chi connectivity index (χ4n) is 4.79. The number of benzene rings is 1. The number of hydrogen-bond donors (Lipinski definition) is 1. The van der Waals surface area contributed by atoms with E-state index in [1.165, 1.54) is 0 Å². The molecule has 3 fully saturated rings. The molecule has 160 valence electrons. The number of nitrogens with zero attached hydrogens (tertiary/aromatic N) is 3. The van der Waals surface area contributed by atoms with Crippen LogP contribution < -0.4 is 5.32 Å². The highest BCUT2D eigenvalue weighted by Gasteiger charge is 2.36. The quantitative estimate of drug-likeness (QED) is 0.809. The molecule has 3 heterocycles. The number of nitrogens with one attached hydrogen (secondary N) is 1. The zero-order valence-corrected chi connectivity index (χ0v) is 18.1. The number of carbonyl (C=O) groups excluding carboxylic acids is 2. The van der Waals surface area contributed by atoms with E-state index in [0.717, 1.165) is 76.2 Å². The second kappa shape index (κ2) is 9.92. The van der Waals surface area contributed by atoms with E-state index in [1.807, 2.05) is 36.1 Å². The molecule has 6 nitrogen and oxygen atoms in total. The van der Waals surface area contributed by atoms with Gasteiger partial charge >= 0.3 is 0 Å². The number of carbonyl (C=O) groups is 2. The van der Waals surface area contributed by atoms with Gasteiger partial charge in [0.2, 0.25) is 5.91 Å². The maximum atomic E-state index is 13.1. The zero-order chi connectivity index (χ0) is 19.5. The molecule has 0 aliphatic carbocycles. The Labute approximate surface area is 180 Å². The summed E-state index contributed by atoms with van der Waals surface area (Å²) in [6.07, 6.45) is 2.87. The molecule has 0 aromatic heterocycles. The highest BCUT2D eigenvalue weighted by Crippen LogP contribution is 2.24. The summed E-state index contributed by atoms with van der Waals surface area (Å²) in [4.78, 5) is 32.4. The number of piperazine rings is 1. The molecule has 3 aliphatic rings. The Balaban J connectivity index is 0.00000240. The van der Waals surface area contributed by atoms with Crippen molar-refractivity contribution >= 4 is 24.2 Å². The van der Waals surface area contributed by atoms with Crippen molar-refractivity contribution in [2.45, 2.75) is 32.2 Å². The number of rotatable bonds is 3. The molecule has 3 saturated heterocycles. The van der Waals surface area contributed by atoms with Gasteiger partial charge < -0.3 is 15.1 Å². The number of halogens is 1. The third-order valence-electron chi connectivity index (χ3n) is 6.50. The van der Waals surface area contributed by atoms with E-state index >= 15 is 0 Å². The second-order valence-electron chi connectivity index (χ2n) is 8.47. The molecular weight excluding hydrogens is 388 g/mol. The van der Waals surface area contributed by atoms with Crippen LogP contribution in [0.15, 0.2) is 24.3 Å². The fraction of sp³-hybridized carbons (Fsp3) is 0.636. The number of amides is 2. The topological polar surface area (TPSA) is 55.9 Å². The predicted octanol–water partition coefficient (Wildman–Crippen LogP) is 1.78. The molecule has 0 bridgehead atoms. The number of hydrogen-bond acceptors (Lipinski definition) is 4. The van der Waals surface area contributed by atoms with Crippen LogP contribution in [0.2, 0.25) is 0 Å². The van der Waals surface area contributed by atoms with Crippen molar-refractivity contribution < 1.29 is 9.59 Å². The van der Waals surface area contributed by atoms with Crippen molar-refractivity contribution in [3.05, 3.63) is 35.4 Å². The monoisotopic (exact) mass is 420 g/mol. The molecule has 2 unspecified atom stereocenters. The van der Waals surface area contributed by atoms with Gasteiger partial charge in [0, 0.05) is 64.0 Å². The molecule has 0 saturated carbocycles. The van der Waals surface area contributed by atoms with E-state index in [9.17, 15) is 9.59 Å². The van der Waals surface area contributed by atoms with Crippen LogP contribution in [0.3, 0.4) is 0 Å². The second-order valence-corrected chi connectivity index (χ2v) is 8.47. The van der Waals surface area contributed by atoms with Crippen molar-refractivity contribution in [2.24, 2.45) is 5.92 Å². The van der Waals surface area contributed by atoms with Crippen molar-refractivity contribution in [3.63, 3.8) is 0 Å². The molecule has 29 heavy (non-hydrogen) atoms. The minimum atomic E-state index is -0.0510. The van der Waals surface area contributed by atoms with Crippen LogP contribution in [0.25, 0.3) is 0 Å². The minimum Gasteiger partial charge on any atom is -0.341 e. The first kappa shape index (κ1) is 22.1. The average molecular weight is 421 g/mol. The van der Waals surface area contributed by atoms with Gasteiger partial charge in [-0.25, -0.2) is 0 Å². The van der Waals surface area contributed by atoms with Crippen LogP contribution in [0, 0.1) is 12.8 Å². The smallest absolute Gasteiger partial charge is 0.253 e. The van der Waals surface area contributed by atoms with Gasteiger partial charge in [0.25, 0.3) is 5.91 Å². The summed E-state index contributed by atoms with van der Waals surface area (Å²) in [6, 6.07) is 8.23. The highest BCUT2D eigenvalue weighted by atomic mass is 35.5. The Kier molecular flexibility index (Phi) is 7.55. The lowest BCUT2D eigenvalue weighted by Crippen LogP contribution is -2.50. The largest absolute Gasteiger partial charge is 0.341 e. The van der Waals surface area contributed by atoms with Gasteiger partial charge in [-0.1, -0.05) is 17.7 Å². The lowest BCUT2D eigenvalue weighted by atomic mass is 9.96. The molecule has 7 heteroatoms. The van der Waals surface area contributed by atoms with E-state index in [4.69, 9.17) is 0 Å². The third kappa shape index (κ3) is 5.11. The molecule has 0 radical (unpaired) electrons. The highest BCUT2D eigenvalue weighted by molar-refractivity contribution is 5.94. The van der Waals surface area contributed by atoms with Gasteiger partial charge in [-0.15, -0.1) is 12.4 Å². The molecule has 1 aromatic rings. The van der Waals surface area contributed by atoms with Crippen molar-refractivity contribution in [2.75, 3.05) is 52.4 Å². The summed E-state index contributed by atoms with van der Waals surface area (Å²) in [5, 5.41) is 3.40. The van der Waals surface area contributed by atoms with E-state index in [0.29, 0.717) is 12.6 Å². The van der Waals surface area contributed by atoms with E-state index < -0.39 is 0 Å². The first-order chi connectivity index (χ1) is 13.6. The van der Waals surface area contributed by atoms with Crippen molar-refractivity contribution in [3.8, 4) is 0 Å². The first-order valence-corrected chi connectivity index (χ1v) is 10.7. The lowest BCUT2D eigenvalue weighted by molar-refractivity contribution is -0.136. The summed E-state index contributed by atoms with van der Waals surface area (Å²) in [6.45, 7) is 9.28. The Morgan fingerprint density at radius 3 is 2.38 bits per heavy atom. The van der Waals surface area contributed by atoms with Gasteiger partial charge in [-0.05, 0) is 38.3 Å². The predicted molar refractivity (Wildman–Crippen MR) is 116 cm³/mol. The number of aryl methyl sites for hydroxylation is 1. The number of likely N-dealkylation sites (tertiary alicyclic amines) is 2. The summed E-state index contributed by atoms with van der Waals surface area (Å²) in [7, 11) is 0. The Morgan fingerprint density at radius 2 is 1.66 bits per heavy atom. The minimum absolute atomic E-state index is 0. The van der Waals surface area contributed by atoms with Gasteiger partial charge in [-0.2, -0.15) is 0 Å². The van der Waals surface area contributed by atoms with E-state index in [1.54, 1.807) is 0 Å². The molecule has 1 N–H and O–H groups in total. The van der Waals surface area contributed by atoms with Crippen molar-refractivity contribution in [1.29, 1.82) is 0 Å². The molecule has 2 atom stereocenters. The number of piperidine rings is 1. The molecular formula is C22H33ClN4O2. The summed E-state index contributed by atoms with van der Waals surface area (Å²) >= 11 is 0. The van der Waals surface area contributed by atoms with Gasteiger partial charge in [-0.3, -0.25) is 14.5 Å². The summed E-state index contributed by atoms with van der Waals surface area (Å²) in [5.41, 5.74) is 1.87. The molecule has 1 aromatic carbocycles. The zero-order valence-electron chi connectivity index (χ0n) is 17.3. The van der Waals surface area contributed by atoms with Gasteiger partial charge in [0.1, 0.15) is 0 Å². The first-order valence-electron chi connectivity index (χ1n) is 10.7. The SMILES string of the molecule is Cc1ccc(C(=O)N2CCCC(C(=O)N3CCC(N4CCNCC4)C3)C2)cc1.Cl. The summed E-state index contributed by atoms with van der Waals surface area (Å²) < 4.78 is 0. The van der Waals surface area contributed by atoms with Crippen LogP contribution in [0.1, 0.15) is 35.2 Å². The average Bonchev–Trinajstić information content (AvgIpc) is 3.24. The normalized spacial score (nSPS) is 25.6. The Morgan fingerprint density at radius 1 is 0.931 bits per heavy atom. The maximum absolute atomic E-state index is 13.1. The van der Waals surface area contributed by atoms with Crippen LogP contribution >= 0.6 is 12.4 Å². The molecule has 0 spiro atoms. The van der Waals surface area contributed by atoms with Crippen LogP contribution in [0.5, 0.6) is 0 Å². The summed E-state index contributed by atoms with van der Waals surface area (Å²) in [5.74, 6) is 0.251. The Bertz CT molecular complexity index is 705. The van der Waals surface area contributed by atoms with Crippen LogP contribution in [-0.4, -0.2) is 84.9 Å². The molecule has 3 aliphatic heterocycles.